The normalized spacial score (nSPS) is 12.3. The zero-order chi connectivity index (χ0) is 19.1. The van der Waals surface area contributed by atoms with Crippen LogP contribution in [0.5, 0.6) is 0 Å². The van der Waals surface area contributed by atoms with Crippen molar-refractivity contribution < 1.29 is 21.6 Å². The van der Waals surface area contributed by atoms with Gasteiger partial charge < -0.3 is 5.73 Å². The molecule has 3 rings (SSSR count). The highest BCUT2D eigenvalue weighted by Gasteiger charge is 2.37. The van der Waals surface area contributed by atoms with Crippen molar-refractivity contribution in [1.82, 2.24) is 9.78 Å². The first kappa shape index (κ1) is 18.0. The van der Waals surface area contributed by atoms with Crippen LogP contribution in [-0.4, -0.2) is 18.2 Å². The van der Waals surface area contributed by atoms with Crippen molar-refractivity contribution in [3.05, 3.63) is 60.4 Å². The lowest BCUT2D eigenvalue weighted by molar-refractivity contribution is -0.137. The lowest BCUT2D eigenvalue weighted by atomic mass is 10.0. The molecule has 0 radical (unpaired) electrons. The minimum atomic E-state index is -4.83. The first-order chi connectivity index (χ1) is 12.1. The quantitative estimate of drug-likeness (QED) is 0.680. The maximum Gasteiger partial charge on any atom is 0.418 e. The Kier molecular flexibility index (Phi) is 4.24. The zero-order valence-corrected chi connectivity index (χ0v) is 13.9. The Labute approximate surface area is 146 Å². The molecule has 136 valence electrons. The van der Waals surface area contributed by atoms with E-state index in [4.69, 9.17) is 10.9 Å². The third kappa shape index (κ3) is 3.41. The van der Waals surface area contributed by atoms with Crippen LogP contribution in [0.15, 0.2) is 59.8 Å². The fraction of sp³-hybridized carbons (Fsp3) is 0.0625. The van der Waals surface area contributed by atoms with Crippen LogP contribution in [0.4, 0.5) is 18.9 Å². The van der Waals surface area contributed by atoms with Crippen LogP contribution in [0.3, 0.4) is 0 Å². The summed E-state index contributed by atoms with van der Waals surface area (Å²) in [5.41, 5.74) is 4.59. The molecule has 0 spiro atoms. The monoisotopic (exact) mass is 382 g/mol. The molecule has 0 aliphatic heterocycles. The van der Waals surface area contributed by atoms with E-state index in [9.17, 15) is 21.6 Å². The van der Waals surface area contributed by atoms with Gasteiger partial charge in [0.15, 0.2) is 0 Å². The Bertz CT molecular complexity index is 1040. The summed E-state index contributed by atoms with van der Waals surface area (Å²) in [7, 11) is -4.47. The number of hydrogen-bond donors (Lipinski definition) is 2. The number of nitrogen functional groups attached to an aromatic ring is 1. The molecule has 0 unspecified atom stereocenters. The minimum absolute atomic E-state index is 0.0391. The van der Waals surface area contributed by atoms with E-state index < -0.39 is 32.3 Å². The molecule has 1 heterocycles. The number of alkyl halides is 3. The van der Waals surface area contributed by atoms with E-state index in [0.717, 1.165) is 16.8 Å². The number of anilines is 1. The molecular formula is C16H13F3N4O2S. The third-order valence-electron chi connectivity index (χ3n) is 3.66. The highest BCUT2D eigenvalue weighted by atomic mass is 32.2. The fourth-order valence-corrected chi connectivity index (χ4v) is 3.28. The van der Waals surface area contributed by atoms with E-state index in [1.165, 1.54) is 42.7 Å². The molecule has 0 atom stereocenters. The van der Waals surface area contributed by atoms with Gasteiger partial charge in [-0.2, -0.15) is 18.3 Å². The van der Waals surface area contributed by atoms with Crippen molar-refractivity contribution in [2.75, 3.05) is 5.73 Å². The molecule has 2 aromatic carbocycles. The summed E-state index contributed by atoms with van der Waals surface area (Å²) in [5.74, 6) is 0. The van der Waals surface area contributed by atoms with Crippen LogP contribution < -0.4 is 10.9 Å². The number of nitrogens with zero attached hydrogens (tertiary/aromatic N) is 2. The predicted octanol–water partition coefficient (Wildman–Crippen LogP) is 2.79. The van der Waals surface area contributed by atoms with E-state index in [0.29, 0.717) is 11.3 Å². The zero-order valence-electron chi connectivity index (χ0n) is 13.1. The van der Waals surface area contributed by atoms with Gasteiger partial charge in [-0.05, 0) is 41.5 Å². The van der Waals surface area contributed by atoms with Crippen molar-refractivity contribution in [2.24, 2.45) is 5.14 Å². The molecule has 4 N–H and O–H groups in total. The van der Waals surface area contributed by atoms with Crippen LogP contribution in [0.25, 0.3) is 16.8 Å². The number of nitrogens with two attached hydrogens (primary N) is 2. The molecule has 0 aliphatic rings. The van der Waals surface area contributed by atoms with Gasteiger partial charge in [0.05, 0.1) is 11.3 Å². The van der Waals surface area contributed by atoms with Gasteiger partial charge in [0.1, 0.15) is 4.90 Å². The first-order valence-corrected chi connectivity index (χ1v) is 8.76. The van der Waals surface area contributed by atoms with E-state index in [2.05, 4.69) is 5.10 Å². The second-order valence-corrected chi connectivity index (χ2v) is 7.02. The first-order valence-electron chi connectivity index (χ1n) is 7.21. The molecule has 3 aromatic rings. The molecule has 0 saturated carbocycles. The molecule has 0 bridgehead atoms. The molecule has 1 aromatic heterocycles. The second kappa shape index (κ2) is 6.15. The van der Waals surface area contributed by atoms with Gasteiger partial charge >= 0.3 is 6.18 Å². The molecular weight excluding hydrogens is 369 g/mol. The largest absolute Gasteiger partial charge is 0.418 e. The van der Waals surface area contributed by atoms with Crippen molar-refractivity contribution in [3.8, 4) is 16.8 Å². The van der Waals surface area contributed by atoms with Crippen molar-refractivity contribution in [1.29, 1.82) is 0 Å². The molecule has 26 heavy (non-hydrogen) atoms. The summed E-state index contributed by atoms with van der Waals surface area (Å²) in [5, 5.41) is 8.92. The summed E-state index contributed by atoms with van der Waals surface area (Å²) in [6.07, 6.45) is -2.38. The molecule has 0 aliphatic carbocycles. The van der Waals surface area contributed by atoms with Crippen LogP contribution in [-0.2, 0) is 16.2 Å². The number of primary sulfonamides is 1. The van der Waals surface area contributed by atoms with Gasteiger partial charge in [-0.15, -0.1) is 0 Å². The Morgan fingerprint density at radius 1 is 1.04 bits per heavy atom. The Morgan fingerprint density at radius 3 is 2.19 bits per heavy atom. The average Bonchev–Trinajstić information content (AvgIpc) is 3.07. The van der Waals surface area contributed by atoms with Crippen molar-refractivity contribution in [3.63, 3.8) is 0 Å². The summed E-state index contributed by atoms with van der Waals surface area (Å²) >= 11 is 0. The third-order valence-corrected chi connectivity index (χ3v) is 4.59. The topological polar surface area (TPSA) is 104 Å². The fourth-order valence-electron chi connectivity index (χ4n) is 2.52. The summed E-state index contributed by atoms with van der Waals surface area (Å²) < 4.78 is 65.9. The lowest BCUT2D eigenvalue weighted by Gasteiger charge is -2.18. The van der Waals surface area contributed by atoms with Gasteiger partial charge in [-0.25, -0.2) is 18.2 Å². The summed E-state index contributed by atoms with van der Waals surface area (Å²) in [4.78, 5) is -0.678. The van der Waals surface area contributed by atoms with Crippen LogP contribution in [0.1, 0.15) is 5.56 Å². The molecule has 0 fully saturated rings. The number of benzene rings is 2. The summed E-state index contributed by atoms with van der Waals surface area (Å²) in [6, 6.07) is 9.31. The Morgan fingerprint density at radius 2 is 1.69 bits per heavy atom. The maximum absolute atomic E-state index is 13.7. The number of hydrogen-bond acceptors (Lipinski definition) is 4. The highest BCUT2D eigenvalue weighted by Crippen LogP contribution is 2.39. The summed E-state index contributed by atoms with van der Waals surface area (Å²) in [6.45, 7) is 0. The average molecular weight is 382 g/mol. The predicted molar refractivity (Wildman–Crippen MR) is 89.8 cm³/mol. The van der Waals surface area contributed by atoms with Gasteiger partial charge in [0.2, 0.25) is 10.0 Å². The number of aromatic nitrogens is 2. The van der Waals surface area contributed by atoms with Crippen molar-refractivity contribution >= 4 is 15.7 Å². The Hall–Kier alpha value is -2.85. The second-order valence-electron chi connectivity index (χ2n) is 5.49. The maximum atomic E-state index is 13.7. The molecule has 6 nitrogen and oxygen atoms in total. The highest BCUT2D eigenvalue weighted by molar-refractivity contribution is 7.89. The molecule has 10 heteroatoms. The van der Waals surface area contributed by atoms with E-state index in [1.807, 2.05) is 0 Å². The molecule has 0 amide bonds. The van der Waals surface area contributed by atoms with Crippen LogP contribution in [0, 0.1) is 0 Å². The smallest absolute Gasteiger partial charge is 0.399 e. The van der Waals surface area contributed by atoms with Gasteiger partial charge in [-0.1, -0.05) is 12.1 Å². The van der Waals surface area contributed by atoms with Gasteiger partial charge in [-0.3, -0.25) is 0 Å². The minimum Gasteiger partial charge on any atom is -0.399 e. The SMILES string of the molecule is Nc1ccc(-c2cc(C(F)(F)F)c(-n3cccn3)c(S(N)(=O)=O)c2)cc1. The number of rotatable bonds is 3. The van der Waals surface area contributed by atoms with Crippen molar-refractivity contribution in [2.45, 2.75) is 11.1 Å². The van der Waals surface area contributed by atoms with Crippen LogP contribution in [0.2, 0.25) is 0 Å². The number of sulfonamides is 1. The van der Waals surface area contributed by atoms with Gasteiger partial charge in [0.25, 0.3) is 0 Å². The molecule has 0 saturated heterocycles. The van der Waals surface area contributed by atoms with E-state index >= 15 is 0 Å². The number of halogens is 3. The lowest BCUT2D eigenvalue weighted by Crippen LogP contribution is -2.20. The van der Waals surface area contributed by atoms with Gasteiger partial charge in [0, 0.05) is 18.1 Å². The standard InChI is InChI=1S/C16H13F3N4O2S/c17-16(18,19)13-8-11(10-2-4-12(20)5-3-10)9-14(26(21,24)25)15(13)23-7-1-6-22-23/h1-9H,20H2,(H2,21,24,25). The van der Waals surface area contributed by atoms with E-state index in [1.54, 1.807) is 0 Å². The van der Waals surface area contributed by atoms with Crippen LogP contribution >= 0.6 is 0 Å². The van der Waals surface area contributed by atoms with E-state index in [-0.39, 0.29) is 5.56 Å². The Balaban J connectivity index is 2.40.